The van der Waals surface area contributed by atoms with Crippen LogP contribution in [-0.2, 0) is 10.8 Å². The highest BCUT2D eigenvalue weighted by Crippen LogP contribution is 2.65. The number of aryl methyl sites for hydroxylation is 6. The second-order valence-corrected chi connectivity index (χ2v) is 24.5. The van der Waals surface area contributed by atoms with Crippen LogP contribution in [0.25, 0.3) is 22.3 Å². The number of hydrogen-bond donors (Lipinski definition) is 0. The minimum absolute atomic E-state index is 0.0710. The summed E-state index contributed by atoms with van der Waals surface area (Å²) in [6, 6.07) is 98.3. The van der Waals surface area contributed by atoms with Crippen LogP contribution >= 0.6 is 0 Å². The van der Waals surface area contributed by atoms with Gasteiger partial charge in [0.25, 0.3) is 0 Å². The summed E-state index contributed by atoms with van der Waals surface area (Å²) in [6.07, 6.45) is 0. The molecule has 0 amide bonds. The van der Waals surface area contributed by atoms with Crippen LogP contribution in [0.15, 0.2) is 255 Å². The van der Waals surface area contributed by atoms with E-state index in [-0.39, 0.29) is 13.4 Å². The zero-order valence-corrected chi connectivity index (χ0v) is 48.3. The van der Waals surface area contributed by atoms with Crippen molar-refractivity contribution in [2.24, 2.45) is 0 Å². The van der Waals surface area contributed by atoms with Gasteiger partial charge in [0.1, 0.15) is 0 Å². The Balaban J connectivity index is 1.04. The van der Waals surface area contributed by atoms with Gasteiger partial charge in [-0.25, -0.2) is 0 Å². The lowest BCUT2D eigenvalue weighted by Crippen LogP contribution is -2.62. The first-order valence-electron chi connectivity index (χ1n) is 30.0. The summed E-state index contributed by atoms with van der Waals surface area (Å²) in [7, 11) is 0. The molecule has 0 saturated heterocycles. The molecule has 0 atom stereocenters. The van der Waals surface area contributed by atoms with E-state index >= 15 is 0 Å². The minimum atomic E-state index is -0.588. The Morgan fingerprint density at radius 3 is 0.929 bits per heavy atom. The van der Waals surface area contributed by atoms with E-state index in [1.807, 2.05) is 0 Å². The third-order valence-corrected chi connectivity index (χ3v) is 20.0. The van der Waals surface area contributed by atoms with Gasteiger partial charge < -0.3 is 9.80 Å². The van der Waals surface area contributed by atoms with Crippen molar-refractivity contribution in [2.45, 2.75) is 52.4 Å². The van der Waals surface area contributed by atoms with E-state index in [1.54, 1.807) is 0 Å². The number of anilines is 6. The highest BCUT2D eigenvalue weighted by Gasteiger charge is 2.55. The normalized spacial score (nSPS) is 14.6. The van der Waals surface area contributed by atoms with Gasteiger partial charge in [-0.3, -0.25) is 0 Å². The molecule has 396 valence electrons. The molecular weight excluding hydrogens is 1010 g/mol. The van der Waals surface area contributed by atoms with E-state index in [4.69, 9.17) is 0 Å². The number of para-hydroxylation sites is 2. The van der Waals surface area contributed by atoms with Crippen molar-refractivity contribution in [3.05, 3.63) is 333 Å². The first-order chi connectivity index (χ1) is 41.2. The Hall–Kier alpha value is -9.63. The summed E-state index contributed by atoms with van der Waals surface area (Å²) in [4.78, 5) is 5.53. The van der Waals surface area contributed by atoms with E-state index in [2.05, 4.69) is 306 Å². The quantitative estimate of drug-likeness (QED) is 0.153. The lowest BCUT2D eigenvalue weighted by molar-refractivity contribution is 0.768. The van der Waals surface area contributed by atoms with Crippen LogP contribution in [0.3, 0.4) is 0 Å². The van der Waals surface area contributed by atoms with Gasteiger partial charge in [0.2, 0.25) is 13.4 Å². The second kappa shape index (κ2) is 17.9. The number of fused-ring (bicyclic) bond motifs is 14. The molecule has 0 aromatic heterocycles. The molecule has 0 N–H and O–H groups in total. The molecule has 0 saturated carbocycles. The smallest absolute Gasteiger partial charge is 0.247 e. The highest BCUT2D eigenvalue weighted by molar-refractivity contribution is 7.00. The van der Waals surface area contributed by atoms with Crippen LogP contribution in [0.1, 0.15) is 77.9 Å². The average molecular weight is 1070 g/mol. The predicted octanol–water partition coefficient (Wildman–Crippen LogP) is 15.2. The minimum Gasteiger partial charge on any atom is -0.307 e. The fourth-order valence-corrected chi connectivity index (χ4v) is 17.4. The van der Waals surface area contributed by atoms with Crippen LogP contribution in [0.2, 0.25) is 0 Å². The predicted molar refractivity (Wildman–Crippen MR) is 355 cm³/mol. The van der Waals surface area contributed by atoms with Crippen LogP contribution < -0.4 is 42.6 Å². The van der Waals surface area contributed by atoms with Gasteiger partial charge in [-0.15, -0.1) is 0 Å². The van der Waals surface area contributed by atoms with E-state index < -0.39 is 10.8 Å². The summed E-state index contributed by atoms with van der Waals surface area (Å²) < 4.78 is 0. The number of rotatable bonds is 6. The van der Waals surface area contributed by atoms with Crippen molar-refractivity contribution < 1.29 is 0 Å². The van der Waals surface area contributed by atoms with Crippen molar-refractivity contribution in [2.75, 3.05) is 9.80 Å². The third kappa shape index (κ3) is 6.28. The molecule has 17 rings (SSSR count). The van der Waals surface area contributed by atoms with E-state index in [0.717, 1.165) is 0 Å². The summed E-state index contributed by atoms with van der Waals surface area (Å²) in [6.45, 7) is 13.7. The molecule has 2 nitrogen and oxygen atoms in total. The SMILES string of the molecule is Cc1cc(C)c(B2c3cccc4c3N(c3cccc5c3N4c3c(ccc4c3-c3ccccc3C4(c3ccccc3)c3ccccc3)B5c3c(C)cc(C)cc3C)c3c2ccc2c3-c3ccccc3C2(c2ccccc2)c2ccccc2)c(C)c1. The fraction of sp³-hybridized carbons (Fsp3) is 0.100. The molecule has 84 heavy (non-hydrogen) atoms. The van der Waals surface area contributed by atoms with Gasteiger partial charge in [-0.05, 0) is 131 Å². The van der Waals surface area contributed by atoms with Gasteiger partial charge in [-0.2, -0.15) is 0 Å². The number of nitrogens with zero attached hydrogens (tertiary/aromatic N) is 2. The average Bonchev–Trinajstić information content (AvgIpc) is 1.31. The van der Waals surface area contributed by atoms with E-state index in [1.165, 1.54) is 167 Å². The topological polar surface area (TPSA) is 6.48 Å². The Morgan fingerprint density at radius 1 is 0.274 bits per heavy atom. The summed E-state index contributed by atoms with van der Waals surface area (Å²) in [5.74, 6) is 0. The lowest BCUT2D eigenvalue weighted by atomic mass is 9.32. The first kappa shape index (κ1) is 49.0. The van der Waals surface area contributed by atoms with E-state index in [9.17, 15) is 0 Å². The summed E-state index contributed by atoms with van der Waals surface area (Å²) in [5.41, 5.74) is 37.6. The maximum atomic E-state index is 2.76. The molecule has 0 bridgehead atoms. The summed E-state index contributed by atoms with van der Waals surface area (Å²) >= 11 is 0. The van der Waals surface area contributed by atoms with Gasteiger partial charge in [0.15, 0.2) is 0 Å². The molecular formula is C80H60B2N2. The zero-order valence-electron chi connectivity index (χ0n) is 48.3. The molecule has 0 unspecified atom stereocenters. The Morgan fingerprint density at radius 2 is 0.583 bits per heavy atom. The molecule has 0 spiro atoms. The molecule has 5 aliphatic rings. The van der Waals surface area contributed by atoms with Gasteiger partial charge in [0, 0.05) is 22.5 Å². The largest absolute Gasteiger partial charge is 0.307 e. The van der Waals surface area contributed by atoms with Crippen LogP contribution in [0, 0.1) is 41.5 Å². The Bertz CT molecular complexity index is 4330. The number of hydrogen-bond acceptors (Lipinski definition) is 2. The molecule has 3 aliphatic heterocycles. The molecule has 4 heteroatoms. The van der Waals surface area contributed by atoms with Crippen molar-refractivity contribution in [1.82, 2.24) is 0 Å². The van der Waals surface area contributed by atoms with Crippen LogP contribution in [-0.4, -0.2) is 13.4 Å². The van der Waals surface area contributed by atoms with Crippen molar-refractivity contribution >= 4 is 80.3 Å². The molecule has 12 aromatic carbocycles. The maximum Gasteiger partial charge on any atom is 0.247 e. The van der Waals surface area contributed by atoms with E-state index in [0.29, 0.717) is 0 Å². The summed E-state index contributed by atoms with van der Waals surface area (Å²) in [5, 5.41) is 0. The maximum absolute atomic E-state index is 2.76. The Labute approximate surface area is 494 Å². The molecule has 0 radical (unpaired) electrons. The van der Waals surface area contributed by atoms with Crippen molar-refractivity contribution in [1.29, 1.82) is 0 Å². The van der Waals surface area contributed by atoms with Gasteiger partial charge in [0.05, 0.1) is 33.6 Å². The molecule has 0 fully saturated rings. The van der Waals surface area contributed by atoms with Crippen molar-refractivity contribution in [3.63, 3.8) is 0 Å². The third-order valence-electron chi connectivity index (χ3n) is 20.0. The van der Waals surface area contributed by atoms with Gasteiger partial charge >= 0.3 is 0 Å². The lowest BCUT2D eigenvalue weighted by Gasteiger charge is -2.50. The standard InChI is InChI=1S/C80H60B2N2/c1-49-45-51(3)73(52(4)46-49)81-65-37-23-39-69-75(65)83(77-67(81)43-41-63-71(77)59-33-19-21-35-61(59)79(63,55-25-11-7-12-26-55)56-27-13-8-14-28-56)70-40-24-38-66-76(70)84(69)78-68(82(66)74-53(5)47-50(2)48-54(74)6)44-42-64-72(78)60-34-20-22-36-62(60)80(64,57-29-15-9-16-30-57)58-31-17-10-18-32-58/h7-48H,1-6H3. The fourth-order valence-electron chi connectivity index (χ4n) is 17.4. The molecule has 3 heterocycles. The van der Waals surface area contributed by atoms with Crippen LogP contribution in [0.5, 0.6) is 0 Å². The monoisotopic (exact) mass is 1070 g/mol. The number of benzene rings is 12. The molecule has 2 aliphatic carbocycles. The first-order valence-corrected chi connectivity index (χ1v) is 30.0. The zero-order chi connectivity index (χ0) is 56.3. The second-order valence-electron chi connectivity index (χ2n) is 24.5. The molecule has 12 aromatic rings. The van der Waals surface area contributed by atoms with Gasteiger partial charge in [-0.1, -0.05) is 287 Å². The van der Waals surface area contributed by atoms with Crippen molar-refractivity contribution in [3.8, 4) is 22.3 Å². The Kier molecular flexibility index (Phi) is 10.5. The van der Waals surface area contributed by atoms with Crippen LogP contribution in [0.4, 0.5) is 34.1 Å². The highest BCUT2D eigenvalue weighted by atomic mass is 15.3.